The molecule has 1 aliphatic heterocycles. The van der Waals surface area contributed by atoms with Crippen molar-refractivity contribution in [1.29, 1.82) is 0 Å². The van der Waals surface area contributed by atoms with E-state index in [1.807, 2.05) is 6.07 Å². The van der Waals surface area contributed by atoms with E-state index in [1.54, 1.807) is 41.6 Å². The monoisotopic (exact) mass is 419 g/mol. The van der Waals surface area contributed by atoms with Crippen LogP contribution in [-0.4, -0.2) is 55.4 Å². The Morgan fingerprint density at radius 3 is 3.13 bits per heavy atom. The number of carbonyl (C=O) groups is 1. The first-order valence-electron chi connectivity index (χ1n) is 9.99. The van der Waals surface area contributed by atoms with Gasteiger partial charge in [-0.05, 0) is 25.0 Å². The van der Waals surface area contributed by atoms with Gasteiger partial charge >= 0.3 is 6.01 Å². The number of amides is 1. The van der Waals surface area contributed by atoms with Crippen molar-refractivity contribution >= 4 is 22.6 Å². The minimum absolute atomic E-state index is 0.164. The number of fused-ring (bicyclic) bond motifs is 1. The number of anilines is 1. The minimum Gasteiger partial charge on any atom is -0.467 e. The lowest BCUT2D eigenvalue weighted by Gasteiger charge is -2.08. The van der Waals surface area contributed by atoms with Gasteiger partial charge in [-0.1, -0.05) is 0 Å². The normalized spacial score (nSPS) is 16.0. The molecule has 1 amide bonds. The first kappa shape index (κ1) is 19.2. The van der Waals surface area contributed by atoms with Crippen molar-refractivity contribution in [2.45, 2.75) is 25.5 Å². The molecule has 0 spiro atoms. The first-order valence-corrected chi connectivity index (χ1v) is 9.99. The van der Waals surface area contributed by atoms with Crippen LogP contribution in [0.1, 0.15) is 23.2 Å². The molecule has 1 fully saturated rings. The molecule has 0 bridgehead atoms. The summed E-state index contributed by atoms with van der Waals surface area (Å²) in [4.78, 5) is 28.6. The second kappa shape index (κ2) is 8.15. The Bertz CT molecular complexity index is 1230. The summed E-state index contributed by atoms with van der Waals surface area (Å²) in [5, 5.41) is 7.99. The van der Waals surface area contributed by atoms with Gasteiger partial charge in [0.2, 0.25) is 0 Å². The summed E-state index contributed by atoms with van der Waals surface area (Å²) in [5.41, 5.74) is 2.80. The maximum absolute atomic E-state index is 12.6. The van der Waals surface area contributed by atoms with Gasteiger partial charge in [-0.15, -0.1) is 0 Å². The summed E-state index contributed by atoms with van der Waals surface area (Å²) >= 11 is 0. The first-order chi connectivity index (χ1) is 15.2. The van der Waals surface area contributed by atoms with E-state index in [0.717, 1.165) is 36.0 Å². The van der Waals surface area contributed by atoms with Gasteiger partial charge in [0, 0.05) is 36.7 Å². The zero-order chi connectivity index (χ0) is 21.2. The van der Waals surface area contributed by atoms with Gasteiger partial charge < -0.3 is 19.8 Å². The van der Waals surface area contributed by atoms with E-state index >= 15 is 0 Å². The van der Waals surface area contributed by atoms with Crippen LogP contribution in [0.15, 0.2) is 43.0 Å². The highest BCUT2D eigenvalue weighted by molar-refractivity contribution is 6.04. The van der Waals surface area contributed by atoms with Crippen molar-refractivity contribution in [2.24, 2.45) is 0 Å². The van der Waals surface area contributed by atoms with E-state index in [0.29, 0.717) is 29.6 Å². The second-order valence-corrected chi connectivity index (χ2v) is 7.31. The van der Waals surface area contributed by atoms with Crippen LogP contribution in [0, 0.1) is 0 Å². The number of hydrogen-bond acceptors (Lipinski definition) is 7. The summed E-state index contributed by atoms with van der Waals surface area (Å²) in [5.74, 6) is 0.177. The molecule has 5 rings (SSSR count). The van der Waals surface area contributed by atoms with Crippen molar-refractivity contribution < 1.29 is 14.3 Å². The Balaban J connectivity index is 1.31. The Kier molecular flexibility index (Phi) is 5.04. The van der Waals surface area contributed by atoms with Crippen molar-refractivity contribution in [2.75, 3.05) is 19.0 Å². The van der Waals surface area contributed by atoms with Gasteiger partial charge in [-0.25, -0.2) is 9.97 Å². The number of aromatic nitrogens is 6. The van der Waals surface area contributed by atoms with Crippen molar-refractivity contribution in [1.82, 2.24) is 29.7 Å². The molecule has 158 valence electrons. The molecular weight excluding hydrogens is 398 g/mol. The Morgan fingerprint density at radius 1 is 1.35 bits per heavy atom. The molecule has 0 saturated carbocycles. The number of rotatable bonds is 6. The number of pyridine rings is 1. The van der Waals surface area contributed by atoms with E-state index in [1.165, 1.54) is 7.11 Å². The lowest BCUT2D eigenvalue weighted by Crippen LogP contribution is -2.15. The lowest BCUT2D eigenvalue weighted by atomic mass is 10.2. The SMILES string of the molecule is COc1nccc(-c2cc3cnc(NC(=O)c4cnn(CC5CCCO5)c4)cc3[nH]2)n1. The van der Waals surface area contributed by atoms with Crippen LogP contribution in [0.4, 0.5) is 5.82 Å². The van der Waals surface area contributed by atoms with Gasteiger partial charge in [0.1, 0.15) is 5.82 Å². The number of carbonyl (C=O) groups excluding carboxylic acids is 1. The van der Waals surface area contributed by atoms with Crippen LogP contribution in [-0.2, 0) is 11.3 Å². The maximum Gasteiger partial charge on any atom is 0.316 e. The van der Waals surface area contributed by atoms with Crippen LogP contribution in [0.3, 0.4) is 0 Å². The molecule has 1 atom stereocenters. The molecule has 10 nitrogen and oxygen atoms in total. The van der Waals surface area contributed by atoms with Gasteiger partial charge in [0.25, 0.3) is 5.91 Å². The molecule has 10 heteroatoms. The number of H-pyrrole nitrogens is 1. The minimum atomic E-state index is -0.266. The summed E-state index contributed by atoms with van der Waals surface area (Å²) in [6.07, 6.45) is 8.86. The lowest BCUT2D eigenvalue weighted by molar-refractivity contribution is 0.0937. The topological polar surface area (TPSA) is 120 Å². The quantitative estimate of drug-likeness (QED) is 0.493. The Hall–Kier alpha value is -3.79. The van der Waals surface area contributed by atoms with Gasteiger partial charge in [0.05, 0.1) is 48.4 Å². The van der Waals surface area contributed by atoms with Crippen molar-refractivity contribution in [3.05, 3.63) is 48.5 Å². The van der Waals surface area contributed by atoms with E-state index in [4.69, 9.17) is 9.47 Å². The van der Waals surface area contributed by atoms with Gasteiger partial charge in [0.15, 0.2) is 0 Å². The van der Waals surface area contributed by atoms with E-state index in [2.05, 4.69) is 30.4 Å². The molecule has 0 aromatic carbocycles. The Labute approximate surface area is 177 Å². The molecule has 1 saturated heterocycles. The largest absolute Gasteiger partial charge is 0.467 e. The highest BCUT2D eigenvalue weighted by Crippen LogP contribution is 2.24. The van der Waals surface area contributed by atoms with Crippen LogP contribution in [0.5, 0.6) is 6.01 Å². The highest BCUT2D eigenvalue weighted by Gasteiger charge is 2.18. The summed E-state index contributed by atoms with van der Waals surface area (Å²) < 4.78 is 12.4. The molecular formula is C21H21N7O3. The van der Waals surface area contributed by atoms with Crippen LogP contribution in [0.2, 0.25) is 0 Å². The average Bonchev–Trinajstić information content (AvgIpc) is 3.55. The number of nitrogens with one attached hydrogen (secondary N) is 2. The number of aromatic amines is 1. The summed E-state index contributed by atoms with van der Waals surface area (Å²) in [6.45, 7) is 1.44. The number of ether oxygens (including phenoxy) is 2. The van der Waals surface area contributed by atoms with Crippen molar-refractivity contribution in [3.63, 3.8) is 0 Å². The number of nitrogens with zero attached hydrogens (tertiary/aromatic N) is 5. The molecule has 1 aliphatic rings. The van der Waals surface area contributed by atoms with Crippen LogP contribution in [0.25, 0.3) is 22.3 Å². The van der Waals surface area contributed by atoms with Crippen LogP contribution >= 0.6 is 0 Å². The van der Waals surface area contributed by atoms with Crippen molar-refractivity contribution in [3.8, 4) is 17.4 Å². The van der Waals surface area contributed by atoms with Gasteiger partial charge in [-0.3, -0.25) is 9.48 Å². The van der Waals surface area contributed by atoms with Crippen LogP contribution < -0.4 is 10.1 Å². The third-order valence-corrected chi connectivity index (χ3v) is 5.15. The van der Waals surface area contributed by atoms with E-state index < -0.39 is 0 Å². The van der Waals surface area contributed by atoms with E-state index in [9.17, 15) is 4.79 Å². The maximum atomic E-state index is 12.6. The third-order valence-electron chi connectivity index (χ3n) is 5.15. The van der Waals surface area contributed by atoms with Gasteiger partial charge in [-0.2, -0.15) is 10.1 Å². The summed E-state index contributed by atoms with van der Waals surface area (Å²) in [6, 6.07) is 5.80. The predicted molar refractivity (Wildman–Crippen MR) is 113 cm³/mol. The standard InChI is InChI=1S/C21H21N7O3/c1-30-21-22-5-4-16(26-21)18-7-13-9-23-19(8-17(13)25-18)27-20(29)14-10-24-28(11-14)12-15-3-2-6-31-15/h4-5,7-11,15,25H,2-3,6,12H2,1H3,(H,23,27,29). The predicted octanol–water partition coefficient (Wildman–Crippen LogP) is 2.66. The molecule has 4 aromatic rings. The fourth-order valence-corrected chi connectivity index (χ4v) is 3.59. The smallest absolute Gasteiger partial charge is 0.316 e. The second-order valence-electron chi connectivity index (χ2n) is 7.31. The average molecular weight is 419 g/mol. The zero-order valence-electron chi connectivity index (χ0n) is 16.9. The zero-order valence-corrected chi connectivity index (χ0v) is 16.9. The molecule has 2 N–H and O–H groups in total. The molecule has 31 heavy (non-hydrogen) atoms. The molecule has 0 aliphatic carbocycles. The molecule has 5 heterocycles. The fourth-order valence-electron chi connectivity index (χ4n) is 3.59. The number of hydrogen-bond donors (Lipinski definition) is 2. The number of methoxy groups -OCH3 is 1. The molecule has 0 radical (unpaired) electrons. The molecule has 1 unspecified atom stereocenters. The summed E-state index contributed by atoms with van der Waals surface area (Å²) in [7, 11) is 1.52. The Morgan fingerprint density at radius 2 is 2.29 bits per heavy atom. The third kappa shape index (κ3) is 4.10. The highest BCUT2D eigenvalue weighted by atomic mass is 16.5. The molecule has 4 aromatic heterocycles. The van der Waals surface area contributed by atoms with E-state index in [-0.39, 0.29) is 12.0 Å². The fraction of sp³-hybridized carbons (Fsp3) is 0.286.